The third kappa shape index (κ3) is 4.73. The van der Waals surface area contributed by atoms with Crippen LogP contribution in [0.15, 0.2) is 0 Å². The van der Waals surface area contributed by atoms with Gasteiger partial charge >= 0.3 is 0 Å². The highest BCUT2D eigenvalue weighted by atomic mass is 16.7. The summed E-state index contributed by atoms with van der Waals surface area (Å²) in [6.07, 6.45) is 0.551. The van der Waals surface area contributed by atoms with Crippen molar-refractivity contribution in [3.63, 3.8) is 0 Å². The molecule has 0 spiro atoms. The van der Waals surface area contributed by atoms with Gasteiger partial charge in [-0.1, -0.05) is 0 Å². The SMILES string of the molecule is CO[C@@H](C)O[C@H](C)CCO. The van der Waals surface area contributed by atoms with Crippen LogP contribution in [0.1, 0.15) is 20.3 Å². The van der Waals surface area contributed by atoms with Crippen LogP contribution in [0.5, 0.6) is 0 Å². The lowest BCUT2D eigenvalue weighted by molar-refractivity contribution is -0.142. The molecule has 0 heterocycles. The molecule has 0 aromatic heterocycles. The first-order valence-electron chi connectivity index (χ1n) is 3.49. The van der Waals surface area contributed by atoms with Crippen molar-refractivity contribution in [2.45, 2.75) is 32.7 Å². The molecule has 2 atom stereocenters. The van der Waals surface area contributed by atoms with Crippen LogP contribution in [0.3, 0.4) is 0 Å². The number of methoxy groups -OCH3 is 1. The van der Waals surface area contributed by atoms with Crippen LogP contribution in [0.2, 0.25) is 0 Å². The quantitative estimate of drug-likeness (QED) is 0.585. The second kappa shape index (κ2) is 5.65. The van der Waals surface area contributed by atoms with Gasteiger partial charge < -0.3 is 14.6 Å². The van der Waals surface area contributed by atoms with Gasteiger partial charge in [0.25, 0.3) is 0 Å². The standard InChI is InChI=1S/C7H16O3/c1-6(4-5-8)10-7(2)9-3/h6-8H,4-5H2,1-3H3/t6-,7-/m1/s1. The topological polar surface area (TPSA) is 38.7 Å². The Morgan fingerprint density at radius 1 is 1.40 bits per heavy atom. The molecule has 0 fully saturated rings. The molecule has 0 rings (SSSR count). The minimum atomic E-state index is -0.179. The summed E-state index contributed by atoms with van der Waals surface area (Å²) in [6, 6.07) is 0. The summed E-state index contributed by atoms with van der Waals surface area (Å²) in [7, 11) is 1.59. The zero-order valence-electron chi connectivity index (χ0n) is 6.83. The molecule has 0 amide bonds. The largest absolute Gasteiger partial charge is 0.396 e. The van der Waals surface area contributed by atoms with Gasteiger partial charge in [-0.2, -0.15) is 0 Å². The van der Waals surface area contributed by atoms with Gasteiger partial charge in [-0.25, -0.2) is 0 Å². The van der Waals surface area contributed by atoms with Gasteiger partial charge in [0.05, 0.1) is 6.10 Å². The summed E-state index contributed by atoms with van der Waals surface area (Å²) in [5.74, 6) is 0. The molecular weight excluding hydrogens is 132 g/mol. The van der Waals surface area contributed by atoms with Gasteiger partial charge in [0.1, 0.15) is 0 Å². The Morgan fingerprint density at radius 2 is 2.00 bits per heavy atom. The maximum absolute atomic E-state index is 8.50. The third-order valence-corrected chi connectivity index (χ3v) is 1.29. The lowest BCUT2D eigenvalue weighted by atomic mass is 10.3. The van der Waals surface area contributed by atoms with Crippen molar-refractivity contribution in [2.75, 3.05) is 13.7 Å². The molecule has 0 aliphatic heterocycles. The zero-order chi connectivity index (χ0) is 7.98. The van der Waals surface area contributed by atoms with E-state index in [2.05, 4.69) is 0 Å². The molecule has 10 heavy (non-hydrogen) atoms. The van der Waals surface area contributed by atoms with E-state index in [-0.39, 0.29) is 19.0 Å². The molecule has 3 heteroatoms. The van der Waals surface area contributed by atoms with Crippen LogP contribution in [0, 0.1) is 0 Å². The second-order valence-electron chi connectivity index (χ2n) is 2.26. The first-order chi connectivity index (χ1) is 4.70. The Balaban J connectivity index is 3.27. The van der Waals surface area contributed by atoms with Gasteiger partial charge in [-0.3, -0.25) is 0 Å². The molecule has 0 bridgehead atoms. The van der Waals surface area contributed by atoms with E-state index in [1.165, 1.54) is 0 Å². The van der Waals surface area contributed by atoms with Crippen LogP contribution in [-0.2, 0) is 9.47 Å². The minimum absolute atomic E-state index is 0.0694. The molecule has 0 unspecified atom stereocenters. The first kappa shape index (κ1) is 9.88. The fraction of sp³-hybridized carbons (Fsp3) is 1.00. The summed E-state index contributed by atoms with van der Waals surface area (Å²) in [6.45, 7) is 3.90. The van der Waals surface area contributed by atoms with Crippen molar-refractivity contribution in [3.05, 3.63) is 0 Å². The maximum atomic E-state index is 8.50. The Kier molecular flexibility index (Phi) is 5.58. The van der Waals surface area contributed by atoms with E-state index in [0.29, 0.717) is 6.42 Å². The lowest BCUT2D eigenvalue weighted by Crippen LogP contribution is -2.19. The highest BCUT2D eigenvalue weighted by molar-refractivity contribution is 4.47. The van der Waals surface area contributed by atoms with Crippen molar-refractivity contribution in [1.29, 1.82) is 0 Å². The van der Waals surface area contributed by atoms with E-state index < -0.39 is 0 Å². The Hall–Kier alpha value is -0.120. The van der Waals surface area contributed by atoms with E-state index in [1.807, 2.05) is 13.8 Å². The van der Waals surface area contributed by atoms with E-state index in [1.54, 1.807) is 7.11 Å². The number of hydrogen-bond acceptors (Lipinski definition) is 3. The van der Waals surface area contributed by atoms with Gasteiger partial charge in [0.15, 0.2) is 6.29 Å². The predicted octanol–water partition coefficient (Wildman–Crippen LogP) is 0.766. The summed E-state index contributed by atoms with van der Waals surface area (Å²) >= 11 is 0. The van der Waals surface area contributed by atoms with E-state index in [9.17, 15) is 0 Å². The molecule has 0 aromatic carbocycles. The van der Waals surface area contributed by atoms with Crippen molar-refractivity contribution < 1.29 is 14.6 Å². The van der Waals surface area contributed by atoms with Crippen LogP contribution >= 0.6 is 0 Å². The minimum Gasteiger partial charge on any atom is -0.396 e. The fourth-order valence-electron chi connectivity index (χ4n) is 0.633. The smallest absolute Gasteiger partial charge is 0.154 e. The summed E-state index contributed by atoms with van der Waals surface area (Å²) < 4.78 is 10.1. The van der Waals surface area contributed by atoms with Crippen molar-refractivity contribution in [2.24, 2.45) is 0 Å². The molecule has 0 aliphatic carbocycles. The van der Waals surface area contributed by atoms with Gasteiger partial charge in [0.2, 0.25) is 0 Å². The molecule has 0 aliphatic rings. The maximum Gasteiger partial charge on any atom is 0.154 e. The molecule has 0 saturated carbocycles. The second-order valence-corrected chi connectivity index (χ2v) is 2.26. The summed E-state index contributed by atoms with van der Waals surface area (Å²) in [4.78, 5) is 0. The lowest BCUT2D eigenvalue weighted by Gasteiger charge is -2.16. The summed E-state index contributed by atoms with van der Waals surface area (Å²) in [5.41, 5.74) is 0. The monoisotopic (exact) mass is 148 g/mol. The Bertz CT molecular complexity index is 75.3. The number of hydrogen-bond donors (Lipinski definition) is 1. The molecule has 3 nitrogen and oxygen atoms in total. The number of rotatable bonds is 5. The Labute approximate surface area is 62.0 Å². The van der Waals surface area contributed by atoms with Crippen molar-refractivity contribution in [1.82, 2.24) is 0 Å². The molecular formula is C7H16O3. The highest BCUT2D eigenvalue weighted by Gasteiger charge is 2.05. The van der Waals surface area contributed by atoms with Crippen LogP contribution < -0.4 is 0 Å². The van der Waals surface area contributed by atoms with Crippen molar-refractivity contribution >= 4 is 0 Å². The van der Waals surface area contributed by atoms with Crippen molar-refractivity contribution in [3.8, 4) is 0 Å². The highest BCUT2D eigenvalue weighted by Crippen LogP contribution is 2.01. The average Bonchev–Trinajstić information content (AvgIpc) is 1.88. The molecule has 0 saturated heterocycles. The van der Waals surface area contributed by atoms with E-state index in [0.717, 1.165) is 0 Å². The molecule has 0 radical (unpaired) electrons. The summed E-state index contributed by atoms with van der Waals surface area (Å²) in [5, 5.41) is 8.50. The number of aliphatic hydroxyl groups excluding tert-OH is 1. The van der Waals surface area contributed by atoms with Gasteiger partial charge in [0, 0.05) is 13.7 Å². The average molecular weight is 148 g/mol. The fourth-order valence-corrected chi connectivity index (χ4v) is 0.633. The molecule has 62 valence electrons. The zero-order valence-corrected chi connectivity index (χ0v) is 6.83. The third-order valence-electron chi connectivity index (χ3n) is 1.29. The van der Waals surface area contributed by atoms with Crippen LogP contribution in [-0.4, -0.2) is 31.2 Å². The molecule has 1 N–H and O–H groups in total. The number of ether oxygens (including phenoxy) is 2. The number of aliphatic hydroxyl groups is 1. The normalized spacial score (nSPS) is 16.8. The predicted molar refractivity (Wildman–Crippen MR) is 38.7 cm³/mol. The first-order valence-corrected chi connectivity index (χ1v) is 3.49. The van der Waals surface area contributed by atoms with Gasteiger partial charge in [-0.05, 0) is 20.3 Å². The van der Waals surface area contributed by atoms with E-state index >= 15 is 0 Å². The Morgan fingerprint density at radius 3 is 2.40 bits per heavy atom. The van der Waals surface area contributed by atoms with Crippen LogP contribution in [0.25, 0.3) is 0 Å². The van der Waals surface area contributed by atoms with E-state index in [4.69, 9.17) is 14.6 Å². The van der Waals surface area contributed by atoms with Gasteiger partial charge in [-0.15, -0.1) is 0 Å². The molecule has 0 aromatic rings. The van der Waals surface area contributed by atoms with Crippen LogP contribution in [0.4, 0.5) is 0 Å².